The highest BCUT2D eigenvalue weighted by Crippen LogP contribution is 2.29. The molecule has 0 aliphatic carbocycles. The lowest BCUT2D eigenvalue weighted by molar-refractivity contribution is -0.126. The number of aliphatic hydroxyl groups excluding tert-OH is 1. The Bertz CT molecular complexity index is 621. The topological polar surface area (TPSA) is 78.4 Å². The SMILES string of the molecule is CCCC(=O)NCC(=O)NCC(O)c1cc2ccccc2s1. The van der Waals surface area contributed by atoms with Crippen LogP contribution in [0.4, 0.5) is 0 Å². The van der Waals surface area contributed by atoms with Crippen molar-refractivity contribution in [1.82, 2.24) is 10.6 Å². The summed E-state index contributed by atoms with van der Waals surface area (Å²) < 4.78 is 1.11. The Morgan fingerprint density at radius 2 is 2.00 bits per heavy atom. The summed E-state index contributed by atoms with van der Waals surface area (Å²) in [5, 5.41) is 16.4. The third-order valence-electron chi connectivity index (χ3n) is 3.19. The molecule has 0 radical (unpaired) electrons. The molecule has 6 heteroatoms. The maximum absolute atomic E-state index is 11.6. The highest BCUT2D eigenvalue weighted by Gasteiger charge is 2.13. The van der Waals surface area contributed by atoms with Gasteiger partial charge in [0.05, 0.1) is 6.54 Å². The number of rotatable bonds is 7. The Morgan fingerprint density at radius 3 is 2.73 bits per heavy atom. The summed E-state index contributed by atoms with van der Waals surface area (Å²) >= 11 is 1.51. The molecule has 1 atom stereocenters. The van der Waals surface area contributed by atoms with Crippen LogP contribution >= 0.6 is 11.3 Å². The molecule has 1 unspecified atom stereocenters. The van der Waals surface area contributed by atoms with Gasteiger partial charge in [0.25, 0.3) is 0 Å². The van der Waals surface area contributed by atoms with Crippen LogP contribution in [-0.2, 0) is 9.59 Å². The van der Waals surface area contributed by atoms with Gasteiger partial charge in [-0.15, -0.1) is 11.3 Å². The van der Waals surface area contributed by atoms with Gasteiger partial charge in [0, 0.05) is 22.5 Å². The molecule has 2 rings (SSSR count). The minimum absolute atomic E-state index is 0.0576. The van der Waals surface area contributed by atoms with Crippen molar-refractivity contribution in [2.75, 3.05) is 13.1 Å². The molecule has 0 aliphatic heterocycles. The largest absolute Gasteiger partial charge is 0.386 e. The number of hydrogen-bond acceptors (Lipinski definition) is 4. The van der Waals surface area contributed by atoms with Gasteiger partial charge in [-0.3, -0.25) is 9.59 Å². The van der Waals surface area contributed by atoms with Gasteiger partial charge >= 0.3 is 0 Å². The molecule has 0 saturated carbocycles. The second-order valence-corrected chi connectivity index (χ2v) is 6.15. The summed E-state index contributed by atoms with van der Waals surface area (Å²) in [4.78, 5) is 23.7. The lowest BCUT2D eigenvalue weighted by Gasteiger charge is -2.10. The molecular formula is C16H20N2O3S. The van der Waals surface area contributed by atoms with E-state index in [0.717, 1.165) is 21.4 Å². The van der Waals surface area contributed by atoms with Gasteiger partial charge in [-0.2, -0.15) is 0 Å². The molecule has 2 aromatic rings. The summed E-state index contributed by atoms with van der Waals surface area (Å²) in [6, 6.07) is 9.82. The molecule has 1 heterocycles. The second-order valence-electron chi connectivity index (χ2n) is 5.03. The Balaban J connectivity index is 1.80. The van der Waals surface area contributed by atoms with Gasteiger partial charge < -0.3 is 15.7 Å². The van der Waals surface area contributed by atoms with Gasteiger partial charge in [0.15, 0.2) is 0 Å². The Kier molecular flexibility index (Phi) is 5.91. The first-order valence-electron chi connectivity index (χ1n) is 7.30. The van der Waals surface area contributed by atoms with Crippen LogP contribution in [0.2, 0.25) is 0 Å². The van der Waals surface area contributed by atoms with Gasteiger partial charge in [0.2, 0.25) is 11.8 Å². The van der Waals surface area contributed by atoms with Crippen LogP contribution in [0, 0.1) is 0 Å². The number of carbonyl (C=O) groups excluding carboxylic acids is 2. The van der Waals surface area contributed by atoms with E-state index in [0.29, 0.717) is 6.42 Å². The van der Waals surface area contributed by atoms with Crippen LogP contribution in [0.1, 0.15) is 30.7 Å². The smallest absolute Gasteiger partial charge is 0.239 e. The number of fused-ring (bicyclic) bond motifs is 1. The van der Waals surface area contributed by atoms with E-state index in [1.807, 2.05) is 37.3 Å². The zero-order chi connectivity index (χ0) is 15.9. The van der Waals surface area contributed by atoms with Crippen LogP contribution in [-0.4, -0.2) is 30.0 Å². The number of aliphatic hydroxyl groups is 1. The Labute approximate surface area is 133 Å². The van der Waals surface area contributed by atoms with Crippen molar-refractivity contribution in [1.29, 1.82) is 0 Å². The molecule has 0 spiro atoms. The van der Waals surface area contributed by atoms with Gasteiger partial charge in [-0.25, -0.2) is 0 Å². The fraction of sp³-hybridized carbons (Fsp3) is 0.375. The molecule has 0 bridgehead atoms. The molecule has 2 amide bonds. The first-order valence-corrected chi connectivity index (χ1v) is 8.11. The van der Waals surface area contributed by atoms with E-state index in [4.69, 9.17) is 0 Å². The zero-order valence-electron chi connectivity index (χ0n) is 12.5. The van der Waals surface area contributed by atoms with Crippen molar-refractivity contribution < 1.29 is 14.7 Å². The summed E-state index contributed by atoms with van der Waals surface area (Å²) in [5.74, 6) is -0.438. The number of benzene rings is 1. The average Bonchev–Trinajstić information content (AvgIpc) is 2.95. The van der Waals surface area contributed by atoms with Crippen LogP contribution in [0.15, 0.2) is 30.3 Å². The van der Waals surface area contributed by atoms with Crippen LogP contribution < -0.4 is 10.6 Å². The molecule has 3 N–H and O–H groups in total. The average molecular weight is 320 g/mol. The highest BCUT2D eigenvalue weighted by molar-refractivity contribution is 7.19. The van der Waals surface area contributed by atoms with Crippen molar-refractivity contribution in [3.63, 3.8) is 0 Å². The zero-order valence-corrected chi connectivity index (χ0v) is 13.3. The maximum atomic E-state index is 11.6. The van der Waals surface area contributed by atoms with E-state index >= 15 is 0 Å². The number of amides is 2. The quantitative estimate of drug-likeness (QED) is 0.730. The van der Waals surface area contributed by atoms with Gasteiger partial charge in [-0.05, 0) is 23.9 Å². The van der Waals surface area contributed by atoms with E-state index in [9.17, 15) is 14.7 Å². The van der Waals surface area contributed by atoms with Crippen molar-refractivity contribution >= 4 is 33.2 Å². The monoisotopic (exact) mass is 320 g/mol. The van der Waals surface area contributed by atoms with E-state index in [2.05, 4.69) is 10.6 Å². The first-order chi connectivity index (χ1) is 10.6. The van der Waals surface area contributed by atoms with Crippen LogP contribution in [0.3, 0.4) is 0 Å². The molecule has 1 aromatic carbocycles. The molecule has 0 aliphatic rings. The minimum atomic E-state index is -0.743. The predicted molar refractivity (Wildman–Crippen MR) is 87.7 cm³/mol. The molecule has 22 heavy (non-hydrogen) atoms. The normalized spacial score (nSPS) is 12.1. The van der Waals surface area contributed by atoms with E-state index in [1.54, 1.807) is 0 Å². The number of carbonyl (C=O) groups is 2. The van der Waals surface area contributed by atoms with E-state index in [-0.39, 0.29) is 24.9 Å². The second kappa shape index (κ2) is 7.91. The minimum Gasteiger partial charge on any atom is -0.386 e. The Hall–Kier alpha value is -1.92. The standard InChI is InChI=1S/C16H20N2O3S/c1-2-5-15(20)18-10-16(21)17-9-12(19)14-8-11-6-3-4-7-13(11)22-14/h3-4,6-8,12,19H,2,5,9-10H2,1H3,(H,17,21)(H,18,20). The van der Waals surface area contributed by atoms with E-state index in [1.165, 1.54) is 11.3 Å². The molecule has 0 saturated heterocycles. The third kappa shape index (κ3) is 4.54. The summed E-state index contributed by atoms with van der Waals surface area (Å²) in [6.07, 6.45) is 0.420. The van der Waals surface area contributed by atoms with E-state index < -0.39 is 6.10 Å². The summed E-state index contributed by atoms with van der Waals surface area (Å²) in [5.41, 5.74) is 0. The highest BCUT2D eigenvalue weighted by atomic mass is 32.1. The van der Waals surface area contributed by atoms with Crippen molar-refractivity contribution in [2.45, 2.75) is 25.9 Å². The third-order valence-corrected chi connectivity index (χ3v) is 4.41. The van der Waals surface area contributed by atoms with Crippen molar-refractivity contribution in [3.05, 3.63) is 35.2 Å². The number of thiophene rings is 1. The van der Waals surface area contributed by atoms with Crippen molar-refractivity contribution in [3.8, 4) is 0 Å². The molecular weight excluding hydrogens is 300 g/mol. The molecule has 5 nitrogen and oxygen atoms in total. The molecule has 118 valence electrons. The number of hydrogen-bond donors (Lipinski definition) is 3. The van der Waals surface area contributed by atoms with Crippen LogP contribution in [0.5, 0.6) is 0 Å². The first kappa shape index (κ1) is 16.5. The number of nitrogens with one attached hydrogen (secondary N) is 2. The lowest BCUT2D eigenvalue weighted by Crippen LogP contribution is -2.38. The van der Waals surface area contributed by atoms with Crippen molar-refractivity contribution in [2.24, 2.45) is 0 Å². The Morgan fingerprint density at radius 1 is 1.23 bits per heavy atom. The lowest BCUT2D eigenvalue weighted by atomic mass is 10.2. The summed E-state index contributed by atoms with van der Waals surface area (Å²) in [7, 11) is 0. The maximum Gasteiger partial charge on any atom is 0.239 e. The van der Waals surface area contributed by atoms with Crippen LogP contribution in [0.25, 0.3) is 10.1 Å². The van der Waals surface area contributed by atoms with Gasteiger partial charge in [0.1, 0.15) is 6.10 Å². The predicted octanol–water partition coefficient (Wildman–Crippen LogP) is 1.97. The fourth-order valence-electron chi connectivity index (χ4n) is 2.03. The van der Waals surface area contributed by atoms with Gasteiger partial charge in [-0.1, -0.05) is 25.1 Å². The molecule has 1 aromatic heterocycles. The molecule has 0 fully saturated rings. The fourth-order valence-corrected chi connectivity index (χ4v) is 3.09. The summed E-state index contributed by atoms with van der Waals surface area (Å²) in [6.45, 7) is 1.98.